The minimum atomic E-state index is -0.314. The first-order valence-corrected chi connectivity index (χ1v) is 5.17. The molecule has 1 amide bonds. The SMILES string of the molecule is CCC.Cc1cc2c(cc1F)C(=O)NC2. The van der Waals surface area contributed by atoms with Gasteiger partial charge in [-0.05, 0) is 24.1 Å². The first-order valence-electron chi connectivity index (χ1n) is 5.17. The van der Waals surface area contributed by atoms with Crippen LogP contribution in [0.2, 0.25) is 0 Å². The molecule has 0 saturated carbocycles. The van der Waals surface area contributed by atoms with Crippen molar-refractivity contribution in [2.75, 3.05) is 0 Å². The Balaban J connectivity index is 0.000000337. The maximum atomic E-state index is 13.0. The fourth-order valence-electron chi connectivity index (χ4n) is 1.37. The van der Waals surface area contributed by atoms with Gasteiger partial charge in [-0.3, -0.25) is 4.79 Å². The van der Waals surface area contributed by atoms with Gasteiger partial charge < -0.3 is 5.32 Å². The highest BCUT2D eigenvalue weighted by Crippen LogP contribution is 2.19. The summed E-state index contributed by atoms with van der Waals surface area (Å²) in [5, 5.41) is 2.63. The molecule has 0 unspecified atom stereocenters. The van der Waals surface area contributed by atoms with Crippen LogP contribution in [0.25, 0.3) is 0 Å². The standard InChI is InChI=1S/C9H8FNO.C3H8/c1-5-2-6-4-11-9(12)7(6)3-8(5)10;1-3-2/h2-3H,4H2,1H3,(H,11,12);3H2,1-2H3. The molecule has 3 heteroatoms. The van der Waals surface area contributed by atoms with E-state index in [9.17, 15) is 9.18 Å². The maximum absolute atomic E-state index is 13.0. The third-order valence-corrected chi connectivity index (χ3v) is 2.07. The van der Waals surface area contributed by atoms with Crippen molar-refractivity contribution in [1.29, 1.82) is 0 Å². The fourth-order valence-corrected chi connectivity index (χ4v) is 1.37. The summed E-state index contributed by atoms with van der Waals surface area (Å²) in [4.78, 5) is 11.1. The van der Waals surface area contributed by atoms with Crippen molar-refractivity contribution < 1.29 is 9.18 Å². The molecule has 0 aliphatic carbocycles. The van der Waals surface area contributed by atoms with Gasteiger partial charge in [0.2, 0.25) is 0 Å². The summed E-state index contributed by atoms with van der Waals surface area (Å²) < 4.78 is 13.0. The number of halogens is 1. The lowest BCUT2D eigenvalue weighted by molar-refractivity contribution is 0.0965. The van der Waals surface area contributed by atoms with Crippen molar-refractivity contribution in [3.63, 3.8) is 0 Å². The third-order valence-electron chi connectivity index (χ3n) is 2.07. The number of aryl methyl sites for hydroxylation is 1. The van der Waals surface area contributed by atoms with E-state index < -0.39 is 0 Å². The lowest BCUT2D eigenvalue weighted by Crippen LogP contribution is -2.12. The monoisotopic (exact) mass is 209 g/mol. The Morgan fingerprint density at radius 1 is 1.40 bits per heavy atom. The Morgan fingerprint density at radius 3 is 2.60 bits per heavy atom. The predicted molar refractivity (Wildman–Crippen MR) is 58.3 cm³/mol. The topological polar surface area (TPSA) is 29.1 Å². The molecule has 0 radical (unpaired) electrons. The van der Waals surface area contributed by atoms with Gasteiger partial charge in [0.25, 0.3) is 5.91 Å². The average molecular weight is 209 g/mol. The van der Waals surface area contributed by atoms with E-state index in [2.05, 4.69) is 19.2 Å². The van der Waals surface area contributed by atoms with Crippen LogP contribution in [-0.4, -0.2) is 5.91 Å². The van der Waals surface area contributed by atoms with E-state index in [1.54, 1.807) is 13.0 Å². The van der Waals surface area contributed by atoms with E-state index in [0.717, 1.165) is 5.56 Å². The van der Waals surface area contributed by atoms with Crippen LogP contribution in [0.15, 0.2) is 12.1 Å². The molecule has 15 heavy (non-hydrogen) atoms. The van der Waals surface area contributed by atoms with Gasteiger partial charge >= 0.3 is 0 Å². The lowest BCUT2D eigenvalue weighted by Gasteiger charge is -1.98. The molecule has 82 valence electrons. The summed E-state index contributed by atoms with van der Waals surface area (Å²) in [5.41, 5.74) is 1.95. The first-order chi connectivity index (χ1) is 7.10. The number of hydrogen-bond acceptors (Lipinski definition) is 1. The molecule has 0 atom stereocenters. The number of rotatable bonds is 0. The van der Waals surface area contributed by atoms with Crippen molar-refractivity contribution >= 4 is 5.91 Å². The number of carbonyl (C=O) groups excluding carboxylic acids is 1. The zero-order chi connectivity index (χ0) is 11.4. The van der Waals surface area contributed by atoms with Crippen LogP contribution in [0.4, 0.5) is 4.39 Å². The molecular formula is C12H16FNO. The molecule has 2 rings (SSSR count). The van der Waals surface area contributed by atoms with Crippen LogP contribution in [0.1, 0.15) is 41.8 Å². The van der Waals surface area contributed by atoms with E-state index in [-0.39, 0.29) is 11.7 Å². The van der Waals surface area contributed by atoms with Gasteiger partial charge in [0.05, 0.1) is 0 Å². The number of carbonyl (C=O) groups is 1. The number of nitrogens with one attached hydrogen (secondary N) is 1. The van der Waals surface area contributed by atoms with Gasteiger partial charge in [-0.2, -0.15) is 0 Å². The lowest BCUT2D eigenvalue weighted by atomic mass is 10.1. The number of benzene rings is 1. The molecule has 0 spiro atoms. The zero-order valence-electron chi connectivity index (χ0n) is 9.36. The first kappa shape index (κ1) is 11.7. The van der Waals surface area contributed by atoms with Crippen molar-refractivity contribution in [3.05, 3.63) is 34.6 Å². The maximum Gasteiger partial charge on any atom is 0.252 e. The fraction of sp³-hybridized carbons (Fsp3) is 0.417. The van der Waals surface area contributed by atoms with Gasteiger partial charge in [-0.25, -0.2) is 4.39 Å². The molecular weight excluding hydrogens is 193 g/mol. The van der Waals surface area contributed by atoms with E-state index in [1.165, 1.54) is 12.5 Å². The van der Waals surface area contributed by atoms with Crippen molar-refractivity contribution in [3.8, 4) is 0 Å². The van der Waals surface area contributed by atoms with Crippen molar-refractivity contribution in [2.24, 2.45) is 0 Å². The minimum Gasteiger partial charge on any atom is -0.348 e. The molecule has 1 heterocycles. The van der Waals surface area contributed by atoms with Gasteiger partial charge in [0.15, 0.2) is 0 Å². The summed E-state index contributed by atoms with van der Waals surface area (Å²) >= 11 is 0. The van der Waals surface area contributed by atoms with Crippen LogP contribution in [0, 0.1) is 12.7 Å². The molecule has 0 aromatic heterocycles. The van der Waals surface area contributed by atoms with Crippen molar-refractivity contribution in [1.82, 2.24) is 5.32 Å². The van der Waals surface area contributed by atoms with Crippen LogP contribution in [-0.2, 0) is 6.54 Å². The van der Waals surface area contributed by atoms with Crippen molar-refractivity contribution in [2.45, 2.75) is 33.7 Å². The van der Waals surface area contributed by atoms with E-state index >= 15 is 0 Å². The molecule has 1 aliphatic heterocycles. The molecule has 0 saturated heterocycles. The molecule has 1 aliphatic rings. The summed E-state index contributed by atoms with van der Waals surface area (Å²) in [6.07, 6.45) is 1.25. The molecule has 1 N–H and O–H groups in total. The van der Waals surface area contributed by atoms with Gasteiger partial charge in [0.1, 0.15) is 5.82 Å². The van der Waals surface area contributed by atoms with Crippen LogP contribution >= 0.6 is 0 Å². The second-order valence-electron chi connectivity index (χ2n) is 3.65. The van der Waals surface area contributed by atoms with Gasteiger partial charge in [0, 0.05) is 12.1 Å². The number of amides is 1. The third kappa shape index (κ3) is 2.55. The van der Waals surface area contributed by atoms with E-state index in [0.29, 0.717) is 17.7 Å². The smallest absolute Gasteiger partial charge is 0.252 e. The Hall–Kier alpha value is -1.38. The Morgan fingerprint density at radius 2 is 2.00 bits per heavy atom. The minimum absolute atomic E-state index is 0.177. The summed E-state index contributed by atoms with van der Waals surface area (Å²) in [7, 11) is 0. The van der Waals surface area contributed by atoms with Crippen LogP contribution < -0.4 is 5.32 Å². The van der Waals surface area contributed by atoms with Gasteiger partial charge in [-0.15, -0.1) is 0 Å². The number of fused-ring (bicyclic) bond motifs is 1. The van der Waals surface area contributed by atoms with E-state index in [1.807, 2.05) is 0 Å². The number of hydrogen-bond donors (Lipinski definition) is 1. The zero-order valence-corrected chi connectivity index (χ0v) is 9.36. The summed E-state index contributed by atoms with van der Waals surface area (Å²) in [6.45, 7) is 6.47. The quantitative estimate of drug-likeness (QED) is 0.699. The highest BCUT2D eigenvalue weighted by atomic mass is 19.1. The summed E-state index contributed by atoms with van der Waals surface area (Å²) in [6, 6.07) is 3.01. The second-order valence-corrected chi connectivity index (χ2v) is 3.65. The molecule has 1 aromatic rings. The average Bonchev–Trinajstić information content (AvgIpc) is 2.51. The summed E-state index contributed by atoms with van der Waals surface area (Å²) in [5.74, 6) is -0.491. The Bertz CT molecular complexity index is 374. The van der Waals surface area contributed by atoms with Crippen LogP contribution in [0.3, 0.4) is 0 Å². The molecule has 0 fully saturated rings. The normalized spacial score (nSPS) is 12.7. The predicted octanol–water partition coefficient (Wildman–Crippen LogP) is 2.79. The van der Waals surface area contributed by atoms with Gasteiger partial charge in [-0.1, -0.05) is 26.3 Å². The highest BCUT2D eigenvalue weighted by Gasteiger charge is 2.19. The molecule has 2 nitrogen and oxygen atoms in total. The van der Waals surface area contributed by atoms with Crippen LogP contribution in [0.5, 0.6) is 0 Å². The second kappa shape index (κ2) is 4.91. The van der Waals surface area contributed by atoms with E-state index in [4.69, 9.17) is 0 Å². The molecule has 0 bridgehead atoms. The highest BCUT2D eigenvalue weighted by molar-refractivity contribution is 5.98. The molecule has 1 aromatic carbocycles. The Labute approximate surface area is 89.5 Å². The Kier molecular flexibility index (Phi) is 3.83. The largest absolute Gasteiger partial charge is 0.348 e.